The lowest BCUT2D eigenvalue weighted by atomic mass is 10.2. The van der Waals surface area contributed by atoms with Gasteiger partial charge in [-0.1, -0.05) is 42.5 Å². The molecule has 0 radical (unpaired) electrons. The van der Waals surface area contributed by atoms with Crippen LogP contribution >= 0.6 is 0 Å². The highest BCUT2D eigenvalue weighted by Gasteiger charge is 2.24. The minimum Gasteiger partial charge on any atom is -0.465 e. The predicted molar refractivity (Wildman–Crippen MR) is 106 cm³/mol. The molecule has 0 aliphatic rings. The third kappa shape index (κ3) is 3.68. The molecule has 1 amide bonds. The van der Waals surface area contributed by atoms with Crippen LogP contribution in [-0.2, 0) is 4.79 Å². The number of carbonyl (C=O) groups excluding carboxylic acids is 1. The fourth-order valence-electron chi connectivity index (χ4n) is 2.84. The molecule has 8 heteroatoms. The van der Waals surface area contributed by atoms with E-state index in [2.05, 4.69) is 15.5 Å². The van der Waals surface area contributed by atoms with Crippen molar-refractivity contribution in [2.24, 2.45) is 0 Å². The first-order valence-electron chi connectivity index (χ1n) is 8.77. The van der Waals surface area contributed by atoms with Crippen LogP contribution in [0.5, 0.6) is 0 Å². The third-order valence-electron chi connectivity index (χ3n) is 4.29. The van der Waals surface area contributed by atoms with Gasteiger partial charge in [0.15, 0.2) is 5.82 Å². The Morgan fingerprint density at radius 3 is 2.55 bits per heavy atom. The number of hydrogen-bond donors (Lipinski definition) is 0. The zero-order valence-electron chi connectivity index (χ0n) is 15.4. The zero-order valence-corrected chi connectivity index (χ0v) is 15.4. The molecule has 144 valence electrons. The lowest BCUT2D eigenvalue weighted by molar-refractivity contribution is -0.113. The number of benzene rings is 2. The molecule has 2 aromatic heterocycles. The molecule has 0 N–H and O–H groups in total. The topological polar surface area (TPSA) is 77.0 Å². The van der Waals surface area contributed by atoms with Crippen LogP contribution in [-0.4, -0.2) is 33.2 Å². The largest absolute Gasteiger partial charge is 0.465 e. The maximum absolute atomic E-state index is 14.2. The Kier molecular flexibility index (Phi) is 4.98. The molecule has 2 heterocycles. The van der Waals surface area contributed by atoms with Crippen molar-refractivity contribution in [2.45, 2.75) is 0 Å². The zero-order chi connectivity index (χ0) is 20.2. The molecule has 0 bridgehead atoms. The number of rotatable bonds is 5. The van der Waals surface area contributed by atoms with Crippen LogP contribution in [0.15, 0.2) is 77.4 Å². The van der Waals surface area contributed by atoms with Gasteiger partial charge in [-0.25, -0.2) is 4.39 Å². The van der Waals surface area contributed by atoms with Crippen molar-refractivity contribution in [3.63, 3.8) is 0 Å². The first-order chi connectivity index (χ1) is 14.1. The number of amides is 1. The fourth-order valence-corrected chi connectivity index (χ4v) is 2.84. The van der Waals surface area contributed by atoms with Gasteiger partial charge < -0.3 is 9.32 Å². The highest BCUT2D eigenvalue weighted by atomic mass is 19.1. The van der Waals surface area contributed by atoms with Gasteiger partial charge in [-0.15, -0.1) is 5.10 Å². The van der Waals surface area contributed by atoms with Crippen molar-refractivity contribution < 1.29 is 13.6 Å². The summed E-state index contributed by atoms with van der Waals surface area (Å²) in [6, 6.07) is 18.7. The minimum atomic E-state index is -0.513. The second kappa shape index (κ2) is 7.89. The summed E-state index contributed by atoms with van der Waals surface area (Å²) >= 11 is 0. The summed E-state index contributed by atoms with van der Waals surface area (Å²) in [7, 11) is 1.49. The van der Waals surface area contributed by atoms with Gasteiger partial charge in [0.1, 0.15) is 17.3 Å². The summed E-state index contributed by atoms with van der Waals surface area (Å²) in [4.78, 5) is 14.5. The van der Waals surface area contributed by atoms with Crippen LogP contribution in [0.4, 0.5) is 10.1 Å². The van der Waals surface area contributed by atoms with Gasteiger partial charge in [0.05, 0.1) is 12.0 Å². The molecule has 0 saturated heterocycles. The highest BCUT2D eigenvalue weighted by Crippen LogP contribution is 2.25. The van der Waals surface area contributed by atoms with Crippen molar-refractivity contribution in [3.8, 4) is 11.4 Å². The summed E-state index contributed by atoms with van der Waals surface area (Å²) in [5, 5.41) is 11.8. The number of tetrazole rings is 1. The molecule has 29 heavy (non-hydrogen) atoms. The first kappa shape index (κ1) is 18.3. The van der Waals surface area contributed by atoms with Crippen LogP contribution in [0.1, 0.15) is 5.76 Å². The van der Waals surface area contributed by atoms with Crippen LogP contribution in [0, 0.1) is 5.82 Å². The average Bonchev–Trinajstić information content (AvgIpc) is 3.44. The maximum Gasteiger partial charge on any atom is 0.277 e. The van der Waals surface area contributed by atoms with E-state index in [1.807, 2.05) is 30.3 Å². The Morgan fingerprint density at radius 2 is 1.83 bits per heavy atom. The second-order valence-corrected chi connectivity index (χ2v) is 6.14. The number of hydrogen-bond acceptors (Lipinski definition) is 5. The second-order valence-electron chi connectivity index (χ2n) is 6.14. The molecular weight excluding hydrogens is 373 g/mol. The Bertz CT molecular complexity index is 1150. The maximum atomic E-state index is 14.2. The normalized spacial score (nSPS) is 11.4. The molecule has 2 aromatic carbocycles. The first-order valence-corrected chi connectivity index (χ1v) is 8.77. The van der Waals surface area contributed by atoms with E-state index in [0.29, 0.717) is 11.6 Å². The molecule has 4 aromatic rings. The van der Waals surface area contributed by atoms with Gasteiger partial charge in [-0.2, -0.15) is 4.68 Å². The van der Waals surface area contributed by atoms with E-state index in [4.69, 9.17) is 4.42 Å². The Balaban J connectivity index is 1.82. The van der Waals surface area contributed by atoms with E-state index in [0.717, 1.165) is 5.56 Å². The van der Waals surface area contributed by atoms with Crippen molar-refractivity contribution >= 4 is 23.4 Å². The number of furan rings is 1. The SMILES string of the molecule is CN(C(=O)C(=Cc1ccco1)n1nnnc1-c1ccccc1)c1ccccc1F. The molecular formula is C21H16FN5O2. The molecule has 7 nitrogen and oxygen atoms in total. The summed E-state index contributed by atoms with van der Waals surface area (Å²) in [5.41, 5.74) is 0.968. The highest BCUT2D eigenvalue weighted by molar-refractivity contribution is 6.25. The number of carbonyl (C=O) groups is 1. The summed E-state index contributed by atoms with van der Waals surface area (Å²) < 4.78 is 20.9. The molecule has 0 aliphatic carbocycles. The average molecular weight is 389 g/mol. The molecule has 4 rings (SSSR count). The Labute approximate surface area is 165 Å². The van der Waals surface area contributed by atoms with E-state index in [1.54, 1.807) is 24.3 Å². The van der Waals surface area contributed by atoms with E-state index in [1.165, 1.54) is 41.1 Å². The Hall–Kier alpha value is -4.07. The van der Waals surface area contributed by atoms with Crippen molar-refractivity contribution in [2.75, 3.05) is 11.9 Å². The van der Waals surface area contributed by atoms with Crippen molar-refractivity contribution in [1.82, 2.24) is 20.2 Å². The number of anilines is 1. The van der Waals surface area contributed by atoms with Crippen LogP contribution in [0.25, 0.3) is 23.2 Å². The van der Waals surface area contributed by atoms with E-state index in [-0.39, 0.29) is 11.4 Å². The van der Waals surface area contributed by atoms with Crippen molar-refractivity contribution in [3.05, 3.63) is 84.6 Å². The third-order valence-corrected chi connectivity index (χ3v) is 4.29. The van der Waals surface area contributed by atoms with Gasteiger partial charge in [0.2, 0.25) is 0 Å². The van der Waals surface area contributed by atoms with Crippen LogP contribution < -0.4 is 4.90 Å². The molecule has 0 spiro atoms. The summed E-state index contributed by atoms with van der Waals surface area (Å²) in [5.74, 6) is -0.208. The molecule has 0 saturated carbocycles. The number of halogens is 1. The van der Waals surface area contributed by atoms with Crippen molar-refractivity contribution in [1.29, 1.82) is 0 Å². The summed E-state index contributed by atoms with van der Waals surface area (Å²) in [6.07, 6.45) is 3.01. The fraction of sp³-hybridized carbons (Fsp3) is 0.0476. The van der Waals surface area contributed by atoms with Gasteiger partial charge in [-0.3, -0.25) is 4.79 Å². The number of likely N-dealkylation sites (N-methyl/N-ethyl adjacent to an activating group) is 1. The lowest BCUT2D eigenvalue weighted by Crippen LogP contribution is -2.30. The molecule has 0 fully saturated rings. The lowest BCUT2D eigenvalue weighted by Gasteiger charge is -2.20. The number of para-hydroxylation sites is 1. The standard InChI is InChI=1S/C21H16FN5O2/c1-26(18-12-6-5-11-17(18)22)21(28)19(14-16-10-7-13-29-16)27-20(23-24-25-27)15-8-3-2-4-9-15/h2-14H,1H3. The van der Waals surface area contributed by atoms with Crippen LogP contribution in [0.3, 0.4) is 0 Å². The monoisotopic (exact) mass is 389 g/mol. The van der Waals surface area contributed by atoms with E-state index < -0.39 is 11.7 Å². The van der Waals surface area contributed by atoms with E-state index >= 15 is 0 Å². The van der Waals surface area contributed by atoms with Gasteiger partial charge in [-0.05, 0) is 34.7 Å². The smallest absolute Gasteiger partial charge is 0.277 e. The number of nitrogens with zero attached hydrogens (tertiary/aromatic N) is 5. The summed E-state index contributed by atoms with van der Waals surface area (Å²) in [6.45, 7) is 0. The predicted octanol–water partition coefficient (Wildman–Crippen LogP) is 3.73. The quantitative estimate of drug-likeness (QED) is 0.486. The molecule has 0 aliphatic heterocycles. The molecule has 0 unspecified atom stereocenters. The van der Waals surface area contributed by atoms with Gasteiger partial charge in [0.25, 0.3) is 5.91 Å². The molecule has 0 atom stereocenters. The number of aromatic nitrogens is 4. The van der Waals surface area contributed by atoms with Gasteiger partial charge >= 0.3 is 0 Å². The van der Waals surface area contributed by atoms with Gasteiger partial charge in [0, 0.05) is 18.7 Å². The van der Waals surface area contributed by atoms with Crippen LogP contribution in [0.2, 0.25) is 0 Å². The minimum absolute atomic E-state index is 0.106. The Morgan fingerprint density at radius 1 is 1.07 bits per heavy atom. The van der Waals surface area contributed by atoms with E-state index in [9.17, 15) is 9.18 Å².